The quantitative estimate of drug-likeness (QED) is 0.909. The number of amides is 1. The molecule has 0 saturated heterocycles. The zero-order chi connectivity index (χ0) is 14.0. The number of aliphatic carboxylic acids is 1. The summed E-state index contributed by atoms with van der Waals surface area (Å²) in [4.78, 5) is 24.9. The Labute approximate surface area is 113 Å². The Hall–Kier alpha value is -1.84. The molecule has 1 aromatic rings. The summed E-state index contributed by atoms with van der Waals surface area (Å²) >= 11 is 0. The van der Waals surface area contributed by atoms with E-state index in [1.165, 1.54) is 0 Å². The van der Waals surface area contributed by atoms with Gasteiger partial charge in [-0.25, -0.2) is 0 Å². The van der Waals surface area contributed by atoms with Crippen molar-refractivity contribution in [2.45, 2.75) is 26.2 Å². The lowest BCUT2D eigenvalue weighted by Crippen LogP contribution is -2.32. The molecule has 0 spiro atoms. The van der Waals surface area contributed by atoms with E-state index < -0.39 is 5.97 Å². The molecule has 1 amide bonds. The van der Waals surface area contributed by atoms with Gasteiger partial charge < -0.3 is 10.0 Å². The predicted molar refractivity (Wildman–Crippen MR) is 73.1 cm³/mol. The van der Waals surface area contributed by atoms with Crippen LogP contribution in [0, 0.1) is 18.8 Å². The van der Waals surface area contributed by atoms with Gasteiger partial charge in [-0.3, -0.25) is 9.59 Å². The highest BCUT2D eigenvalue weighted by atomic mass is 16.4. The number of aryl methyl sites for hydroxylation is 1. The van der Waals surface area contributed by atoms with Crippen molar-refractivity contribution in [1.29, 1.82) is 0 Å². The Morgan fingerprint density at radius 1 is 1.26 bits per heavy atom. The average molecular weight is 261 g/mol. The molecule has 1 aliphatic rings. The minimum atomic E-state index is -0.784. The maximum Gasteiger partial charge on any atom is 0.306 e. The minimum Gasteiger partial charge on any atom is -0.481 e. The van der Waals surface area contributed by atoms with Crippen LogP contribution in [0.25, 0.3) is 0 Å². The summed E-state index contributed by atoms with van der Waals surface area (Å²) in [5.41, 5.74) is 1.97. The van der Waals surface area contributed by atoms with Crippen molar-refractivity contribution in [3.05, 3.63) is 29.8 Å². The number of hydrogen-bond donors (Lipinski definition) is 1. The number of carbonyl (C=O) groups is 2. The summed E-state index contributed by atoms with van der Waals surface area (Å²) in [6.07, 6.45) is 1.74. The molecule has 4 nitrogen and oxygen atoms in total. The molecule has 0 unspecified atom stereocenters. The summed E-state index contributed by atoms with van der Waals surface area (Å²) in [5.74, 6) is -1.28. The Kier molecular flexibility index (Phi) is 3.88. The SMILES string of the molecule is Cc1cccc(N(C)C(=O)[C@@H]2CC[C@H](C(=O)O)C2)c1. The first-order chi connectivity index (χ1) is 8.99. The largest absolute Gasteiger partial charge is 0.481 e. The fourth-order valence-corrected chi connectivity index (χ4v) is 2.67. The van der Waals surface area contributed by atoms with Crippen LogP contribution in [0.4, 0.5) is 5.69 Å². The van der Waals surface area contributed by atoms with Crippen LogP contribution in [0.3, 0.4) is 0 Å². The number of nitrogens with zero attached hydrogens (tertiary/aromatic N) is 1. The van der Waals surface area contributed by atoms with E-state index in [9.17, 15) is 9.59 Å². The molecule has 0 heterocycles. The number of anilines is 1. The molecule has 1 saturated carbocycles. The highest BCUT2D eigenvalue weighted by Gasteiger charge is 2.35. The van der Waals surface area contributed by atoms with Crippen molar-refractivity contribution in [3.63, 3.8) is 0 Å². The Morgan fingerprint density at radius 2 is 1.95 bits per heavy atom. The number of rotatable bonds is 3. The monoisotopic (exact) mass is 261 g/mol. The molecule has 0 radical (unpaired) electrons. The third-order valence-electron chi connectivity index (χ3n) is 3.85. The molecule has 0 aliphatic heterocycles. The summed E-state index contributed by atoms with van der Waals surface area (Å²) in [5, 5.41) is 8.98. The average Bonchev–Trinajstić information content (AvgIpc) is 2.86. The Balaban J connectivity index is 2.06. The third kappa shape index (κ3) is 2.95. The van der Waals surface area contributed by atoms with Crippen molar-refractivity contribution in [2.24, 2.45) is 11.8 Å². The van der Waals surface area contributed by atoms with Gasteiger partial charge in [0.25, 0.3) is 0 Å². The lowest BCUT2D eigenvalue weighted by Gasteiger charge is -2.21. The molecule has 2 atom stereocenters. The number of benzene rings is 1. The van der Waals surface area contributed by atoms with Crippen LogP contribution in [-0.2, 0) is 9.59 Å². The Bertz CT molecular complexity index is 498. The molecule has 2 rings (SSSR count). The van der Waals surface area contributed by atoms with Crippen LogP contribution in [-0.4, -0.2) is 24.0 Å². The summed E-state index contributed by atoms with van der Waals surface area (Å²) in [6, 6.07) is 7.76. The van der Waals surface area contributed by atoms with Gasteiger partial charge in [-0.2, -0.15) is 0 Å². The van der Waals surface area contributed by atoms with E-state index >= 15 is 0 Å². The number of carboxylic acid groups (broad SMARTS) is 1. The molecule has 1 aromatic carbocycles. The molecule has 0 bridgehead atoms. The van der Waals surface area contributed by atoms with Gasteiger partial charge in [0.15, 0.2) is 0 Å². The summed E-state index contributed by atoms with van der Waals surface area (Å²) in [7, 11) is 1.76. The van der Waals surface area contributed by atoms with Crippen LogP contribution < -0.4 is 4.90 Å². The number of carboxylic acids is 1. The minimum absolute atomic E-state index is 0.0225. The lowest BCUT2D eigenvalue weighted by atomic mass is 10.0. The molecular weight excluding hydrogens is 242 g/mol. The molecule has 4 heteroatoms. The predicted octanol–water partition coefficient (Wildman–Crippen LogP) is 2.46. The van der Waals surface area contributed by atoms with E-state index in [-0.39, 0.29) is 17.7 Å². The van der Waals surface area contributed by atoms with E-state index in [4.69, 9.17) is 5.11 Å². The van der Waals surface area contributed by atoms with E-state index in [0.717, 1.165) is 11.3 Å². The van der Waals surface area contributed by atoms with Gasteiger partial charge in [-0.1, -0.05) is 12.1 Å². The molecule has 19 heavy (non-hydrogen) atoms. The van der Waals surface area contributed by atoms with Gasteiger partial charge in [0, 0.05) is 18.7 Å². The highest BCUT2D eigenvalue weighted by molar-refractivity contribution is 5.95. The topological polar surface area (TPSA) is 57.6 Å². The second kappa shape index (κ2) is 5.43. The number of carbonyl (C=O) groups excluding carboxylic acids is 1. The first-order valence-electron chi connectivity index (χ1n) is 6.56. The van der Waals surface area contributed by atoms with Gasteiger partial charge in [0.05, 0.1) is 5.92 Å². The standard InChI is InChI=1S/C15H19NO3/c1-10-4-3-5-13(8-10)16(2)14(17)11-6-7-12(9-11)15(18)19/h3-5,8,11-12H,6-7,9H2,1-2H3,(H,18,19)/t11-,12+/m1/s1. The van der Waals surface area contributed by atoms with Crippen molar-refractivity contribution >= 4 is 17.6 Å². The van der Waals surface area contributed by atoms with E-state index in [1.54, 1.807) is 11.9 Å². The zero-order valence-electron chi connectivity index (χ0n) is 11.3. The highest BCUT2D eigenvalue weighted by Crippen LogP contribution is 2.33. The molecule has 0 aromatic heterocycles. The second-order valence-electron chi connectivity index (χ2n) is 5.28. The second-order valence-corrected chi connectivity index (χ2v) is 5.28. The van der Waals surface area contributed by atoms with E-state index in [2.05, 4.69) is 0 Å². The summed E-state index contributed by atoms with van der Waals surface area (Å²) in [6.45, 7) is 1.98. The van der Waals surface area contributed by atoms with Gasteiger partial charge >= 0.3 is 5.97 Å². The van der Waals surface area contributed by atoms with Gasteiger partial charge in [0.2, 0.25) is 5.91 Å². The molecule has 1 fully saturated rings. The van der Waals surface area contributed by atoms with Crippen LogP contribution >= 0.6 is 0 Å². The van der Waals surface area contributed by atoms with Crippen LogP contribution in [0.15, 0.2) is 24.3 Å². The normalized spacial score (nSPS) is 22.2. The molecule has 102 valence electrons. The maximum absolute atomic E-state index is 12.4. The molecule has 1 N–H and O–H groups in total. The van der Waals surface area contributed by atoms with Crippen molar-refractivity contribution < 1.29 is 14.7 Å². The summed E-state index contributed by atoms with van der Waals surface area (Å²) < 4.78 is 0. The third-order valence-corrected chi connectivity index (χ3v) is 3.85. The fraction of sp³-hybridized carbons (Fsp3) is 0.467. The first-order valence-corrected chi connectivity index (χ1v) is 6.56. The Morgan fingerprint density at radius 3 is 2.53 bits per heavy atom. The van der Waals surface area contributed by atoms with Crippen molar-refractivity contribution in [2.75, 3.05) is 11.9 Å². The van der Waals surface area contributed by atoms with Gasteiger partial charge in [-0.15, -0.1) is 0 Å². The van der Waals surface area contributed by atoms with Crippen molar-refractivity contribution in [1.82, 2.24) is 0 Å². The maximum atomic E-state index is 12.4. The fourth-order valence-electron chi connectivity index (χ4n) is 2.67. The number of hydrogen-bond acceptors (Lipinski definition) is 2. The molecule has 1 aliphatic carbocycles. The van der Waals surface area contributed by atoms with Gasteiger partial charge in [-0.05, 0) is 43.9 Å². The van der Waals surface area contributed by atoms with E-state index in [0.29, 0.717) is 19.3 Å². The lowest BCUT2D eigenvalue weighted by molar-refractivity contribution is -0.141. The van der Waals surface area contributed by atoms with Crippen LogP contribution in [0.1, 0.15) is 24.8 Å². The smallest absolute Gasteiger partial charge is 0.306 e. The first kappa shape index (κ1) is 13.6. The van der Waals surface area contributed by atoms with Crippen LogP contribution in [0.5, 0.6) is 0 Å². The van der Waals surface area contributed by atoms with Crippen molar-refractivity contribution in [3.8, 4) is 0 Å². The van der Waals surface area contributed by atoms with Crippen LogP contribution in [0.2, 0.25) is 0 Å². The van der Waals surface area contributed by atoms with E-state index in [1.807, 2.05) is 31.2 Å². The molecular formula is C15H19NO3. The zero-order valence-corrected chi connectivity index (χ0v) is 11.3. The van der Waals surface area contributed by atoms with Gasteiger partial charge in [0.1, 0.15) is 0 Å².